The number of hydrogen-bond acceptors (Lipinski definition) is 4. The van der Waals surface area contributed by atoms with Crippen molar-refractivity contribution in [1.29, 1.82) is 0 Å². The number of carbonyl (C=O) groups is 1. The first kappa shape index (κ1) is 21.6. The molecule has 0 aliphatic carbocycles. The van der Waals surface area contributed by atoms with Crippen LogP contribution in [0.4, 0.5) is 18.0 Å². The molecule has 1 saturated heterocycles. The maximum atomic E-state index is 12.5. The Bertz CT molecular complexity index is 657. The molecule has 2 rings (SSSR count). The second-order valence-electron chi connectivity index (χ2n) is 6.24. The van der Waals surface area contributed by atoms with E-state index < -0.39 is 11.7 Å². The summed E-state index contributed by atoms with van der Waals surface area (Å²) in [6.45, 7) is 3.74. The van der Waals surface area contributed by atoms with Crippen LogP contribution < -0.4 is 15.8 Å². The Morgan fingerprint density at radius 1 is 1.29 bits per heavy atom. The van der Waals surface area contributed by atoms with Crippen molar-refractivity contribution in [3.63, 3.8) is 0 Å². The Kier molecular flexibility index (Phi) is 7.77. The third-order valence-corrected chi connectivity index (χ3v) is 4.20. The average molecular weight is 402 g/mol. The van der Waals surface area contributed by atoms with Crippen LogP contribution in [0, 0.1) is 0 Å². The van der Waals surface area contributed by atoms with Gasteiger partial charge in [0.25, 0.3) is 0 Å². The number of aliphatic imine (C=N–C) groups is 1. The van der Waals surface area contributed by atoms with Gasteiger partial charge in [-0.2, -0.15) is 13.2 Å². The minimum Gasteiger partial charge on any atom is -0.492 e. The van der Waals surface area contributed by atoms with Gasteiger partial charge in [-0.3, -0.25) is 0 Å². The number of benzene rings is 1. The summed E-state index contributed by atoms with van der Waals surface area (Å²) in [5.41, 5.74) is 5.13. The number of guanidine groups is 1. The fraction of sp³-hybridized carbons (Fsp3) is 0.556. The number of carbonyl (C=O) groups excluding carboxylic acids is 1. The zero-order valence-corrected chi connectivity index (χ0v) is 15.7. The van der Waals surface area contributed by atoms with E-state index in [4.69, 9.17) is 15.2 Å². The van der Waals surface area contributed by atoms with Crippen LogP contribution in [0.1, 0.15) is 25.3 Å². The highest BCUT2D eigenvalue weighted by molar-refractivity contribution is 5.78. The number of ether oxygens (including phenoxy) is 2. The standard InChI is InChI=1S/C18H25F3N4O3/c1-2-27-17(26)25-10-7-14(8-11-25)24-16(22)23-9-12-28-15-5-3-13(4-6-15)18(19,20)21/h3-6,14H,2,7-12H2,1H3,(H3,22,23,24). The van der Waals surface area contributed by atoms with E-state index in [2.05, 4.69) is 10.3 Å². The number of nitrogens with two attached hydrogens (primary N) is 1. The largest absolute Gasteiger partial charge is 0.492 e. The van der Waals surface area contributed by atoms with E-state index in [1.807, 2.05) is 0 Å². The number of halogens is 3. The van der Waals surface area contributed by atoms with Crippen molar-refractivity contribution >= 4 is 12.1 Å². The minimum atomic E-state index is -4.37. The molecule has 1 aromatic rings. The smallest absolute Gasteiger partial charge is 0.416 e. The number of rotatable bonds is 6. The number of amides is 1. The first-order valence-corrected chi connectivity index (χ1v) is 9.07. The molecule has 0 spiro atoms. The Morgan fingerprint density at radius 3 is 2.50 bits per heavy atom. The lowest BCUT2D eigenvalue weighted by Gasteiger charge is -2.31. The second kappa shape index (κ2) is 10.0. The molecule has 1 heterocycles. The van der Waals surface area contributed by atoms with Gasteiger partial charge in [-0.1, -0.05) is 0 Å². The molecule has 0 aromatic heterocycles. The molecule has 0 unspecified atom stereocenters. The molecule has 10 heteroatoms. The molecule has 3 N–H and O–H groups in total. The molecule has 1 aliphatic heterocycles. The lowest BCUT2D eigenvalue weighted by molar-refractivity contribution is -0.137. The van der Waals surface area contributed by atoms with Crippen molar-refractivity contribution in [2.75, 3.05) is 32.8 Å². The molecule has 1 aliphatic rings. The van der Waals surface area contributed by atoms with Crippen molar-refractivity contribution in [1.82, 2.24) is 10.2 Å². The zero-order valence-electron chi connectivity index (χ0n) is 15.7. The molecule has 0 saturated carbocycles. The van der Waals surface area contributed by atoms with Gasteiger partial charge < -0.3 is 25.4 Å². The van der Waals surface area contributed by atoms with Gasteiger partial charge in [-0.25, -0.2) is 9.79 Å². The molecular weight excluding hydrogens is 377 g/mol. The highest BCUT2D eigenvalue weighted by Gasteiger charge is 2.30. The lowest BCUT2D eigenvalue weighted by atomic mass is 10.1. The highest BCUT2D eigenvalue weighted by Crippen LogP contribution is 2.30. The number of nitrogens with zero attached hydrogens (tertiary/aromatic N) is 2. The van der Waals surface area contributed by atoms with Gasteiger partial charge >= 0.3 is 12.3 Å². The summed E-state index contributed by atoms with van der Waals surface area (Å²) in [5, 5.41) is 3.10. The Balaban J connectivity index is 1.67. The first-order valence-electron chi connectivity index (χ1n) is 9.07. The van der Waals surface area contributed by atoms with Crippen LogP contribution in [0.3, 0.4) is 0 Å². The summed E-state index contributed by atoms with van der Waals surface area (Å²) in [7, 11) is 0. The maximum Gasteiger partial charge on any atom is 0.416 e. The molecule has 1 fully saturated rings. The SMILES string of the molecule is CCOC(=O)N1CCC(NC(N)=NCCOc2ccc(C(F)(F)F)cc2)CC1. The number of likely N-dealkylation sites (tertiary alicyclic amines) is 1. The third-order valence-electron chi connectivity index (χ3n) is 4.20. The van der Waals surface area contributed by atoms with E-state index in [9.17, 15) is 18.0 Å². The fourth-order valence-corrected chi connectivity index (χ4v) is 2.75. The molecule has 0 atom stereocenters. The first-order chi connectivity index (χ1) is 13.3. The molecule has 0 bridgehead atoms. The van der Waals surface area contributed by atoms with Gasteiger partial charge in [0.15, 0.2) is 5.96 Å². The van der Waals surface area contributed by atoms with E-state index in [1.165, 1.54) is 12.1 Å². The maximum absolute atomic E-state index is 12.5. The number of alkyl halides is 3. The fourth-order valence-electron chi connectivity index (χ4n) is 2.75. The van der Waals surface area contributed by atoms with E-state index >= 15 is 0 Å². The second-order valence-corrected chi connectivity index (χ2v) is 6.24. The monoisotopic (exact) mass is 402 g/mol. The highest BCUT2D eigenvalue weighted by atomic mass is 19.4. The molecule has 156 valence electrons. The number of piperidine rings is 1. The molecule has 1 amide bonds. The molecule has 0 radical (unpaired) electrons. The van der Waals surface area contributed by atoms with E-state index in [0.29, 0.717) is 25.4 Å². The van der Waals surface area contributed by atoms with Crippen LogP contribution in [0.2, 0.25) is 0 Å². The summed E-state index contributed by atoms with van der Waals surface area (Å²) in [5.74, 6) is 0.603. The van der Waals surface area contributed by atoms with Gasteiger partial charge in [-0.15, -0.1) is 0 Å². The normalized spacial score (nSPS) is 16.0. The van der Waals surface area contributed by atoms with Crippen LogP contribution in [0.25, 0.3) is 0 Å². The van der Waals surface area contributed by atoms with Crippen molar-refractivity contribution in [3.8, 4) is 5.75 Å². The van der Waals surface area contributed by atoms with Gasteiger partial charge in [0.05, 0.1) is 18.7 Å². The van der Waals surface area contributed by atoms with Crippen molar-refractivity contribution in [2.45, 2.75) is 32.0 Å². The summed E-state index contributed by atoms with van der Waals surface area (Å²) >= 11 is 0. The summed E-state index contributed by atoms with van der Waals surface area (Å²) in [4.78, 5) is 17.5. The van der Waals surface area contributed by atoms with Crippen molar-refractivity contribution < 1.29 is 27.4 Å². The Morgan fingerprint density at radius 2 is 1.93 bits per heavy atom. The van der Waals surface area contributed by atoms with E-state index in [0.717, 1.165) is 25.0 Å². The molecular formula is C18H25F3N4O3. The molecule has 1 aromatic carbocycles. The number of hydrogen-bond donors (Lipinski definition) is 2. The predicted octanol–water partition coefficient (Wildman–Crippen LogP) is 2.61. The van der Waals surface area contributed by atoms with Crippen LogP contribution in [-0.4, -0.2) is 55.8 Å². The zero-order chi connectivity index (χ0) is 20.6. The Hall–Kier alpha value is -2.65. The van der Waals surface area contributed by atoms with E-state index in [-0.39, 0.29) is 31.2 Å². The van der Waals surface area contributed by atoms with Crippen LogP contribution >= 0.6 is 0 Å². The lowest BCUT2D eigenvalue weighted by Crippen LogP contribution is -2.48. The van der Waals surface area contributed by atoms with E-state index in [1.54, 1.807) is 11.8 Å². The summed E-state index contributed by atoms with van der Waals surface area (Å²) in [6, 6.07) is 4.59. The summed E-state index contributed by atoms with van der Waals surface area (Å²) < 4.78 is 47.8. The quantitative estimate of drug-likeness (QED) is 0.434. The van der Waals surface area contributed by atoms with Crippen LogP contribution in [-0.2, 0) is 10.9 Å². The van der Waals surface area contributed by atoms with Gasteiger partial charge in [0, 0.05) is 19.1 Å². The minimum absolute atomic E-state index is 0.116. The van der Waals surface area contributed by atoms with Gasteiger partial charge in [0.2, 0.25) is 0 Å². The van der Waals surface area contributed by atoms with Crippen molar-refractivity contribution in [3.05, 3.63) is 29.8 Å². The molecule has 7 nitrogen and oxygen atoms in total. The van der Waals surface area contributed by atoms with Crippen molar-refractivity contribution in [2.24, 2.45) is 10.7 Å². The topological polar surface area (TPSA) is 89.2 Å². The predicted molar refractivity (Wildman–Crippen MR) is 98.2 cm³/mol. The third kappa shape index (κ3) is 6.82. The number of nitrogens with one attached hydrogen (secondary N) is 1. The Labute approximate surface area is 161 Å². The molecule has 28 heavy (non-hydrogen) atoms. The van der Waals surface area contributed by atoms with Gasteiger partial charge in [-0.05, 0) is 44.0 Å². The van der Waals surface area contributed by atoms with Gasteiger partial charge in [0.1, 0.15) is 12.4 Å². The van der Waals surface area contributed by atoms with Crippen LogP contribution in [0.15, 0.2) is 29.3 Å². The summed E-state index contributed by atoms with van der Waals surface area (Å²) in [6.07, 6.45) is -3.20. The van der Waals surface area contributed by atoms with Crippen LogP contribution in [0.5, 0.6) is 5.75 Å². The average Bonchev–Trinajstić information content (AvgIpc) is 2.66.